The maximum Gasteiger partial charge on any atom is 0.339 e. The molecule has 3 aromatic carbocycles. The van der Waals surface area contributed by atoms with Gasteiger partial charge in [-0.05, 0) is 86.0 Å². The second-order valence-corrected chi connectivity index (χ2v) is 11.2. The van der Waals surface area contributed by atoms with E-state index in [1.54, 1.807) is 26.0 Å². The summed E-state index contributed by atoms with van der Waals surface area (Å²) in [5, 5.41) is 2.87. The molecule has 3 aromatic rings. The fraction of sp³-hybridized carbons (Fsp3) is 0.138. The molecule has 0 atom stereocenters. The third-order valence-electron chi connectivity index (χ3n) is 6.01. The van der Waals surface area contributed by atoms with Gasteiger partial charge in [0.1, 0.15) is 10.5 Å². The molecule has 1 N–H and O–H groups in total. The number of benzene rings is 3. The lowest BCUT2D eigenvalue weighted by Crippen LogP contribution is -2.54. The van der Waals surface area contributed by atoms with Gasteiger partial charge in [-0.2, -0.15) is 8.42 Å². The second kappa shape index (κ2) is 12.2. The third-order valence-corrected chi connectivity index (χ3v) is 7.90. The Kier molecular flexibility index (Phi) is 8.86. The molecule has 4 amide bonds. The number of anilines is 1. The number of rotatable bonds is 9. The summed E-state index contributed by atoms with van der Waals surface area (Å²) in [5.41, 5.74) is 1.03. The number of carbonyl (C=O) groups excluding carboxylic acids is 3. The average molecular weight is 615 g/mol. The molecule has 212 valence electrons. The number of amides is 4. The zero-order valence-corrected chi connectivity index (χ0v) is 24.3. The molecule has 4 rings (SSSR count). The van der Waals surface area contributed by atoms with E-state index in [2.05, 4.69) is 11.9 Å². The molecule has 0 unspecified atom stereocenters. The first kappa shape index (κ1) is 29.9. The van der Waals surface area contributed by atoms with Gasteiger partial charge in [0.15, 0.2) is 11.5 Å². The average Bonchev–Trinajstić information content (AvgIpc) is 2.91. The highest BCUT2D eigenvalue weighted by molar-refractivity contribution is 7.87. The fourth-order valence-corrected chi connectivity index (χ4v) is 5.34. The van der Waals surface area contributed by atoms with Gasteiger partial charge in [-0.3, -0.25) is 14.9 Å². The van der Waals surface area contributed by atoms with Gasteiger partial charge in [0.2, 0.25) is 0 Å². The van der Waals surface area contributed by atoms with Crippen LogP contribution in [0.1, 0.15) is 23.6 Å². The highest BCUT2D eigenvalue weighted by Gasteiger charge is 2.37. The molecule has 9 nitrogen and oxygen atoms in total. The highest BCUT2D eigenvalue weighted by Crippen LogP contribution is 2.37. The van der Waals surface area contributed by atoms with Crippen LogP contribution >= 0.6 is 23.2 Å². The van der Waals surface area contributed by atoms with Gasteiger partial charge in [0.25, 0.3) is 11.8 Å². The van der Waals surface area contributed by atoms with Gasteiger partial charge in [0.05, 0.1) is 12.3 Å². The number of imide groups is 2. The largest absolute Gasteiger partial charge is 0.490 e. The van der Waals surface area contributed by atoms with Crippen LogP contribution in [0.4, 0.5) is 10.5 Å². The third kappa shape index (κ3) is 6.30. The predicted molar refractivity (Wildman–Crippen MR) is 156 cm³/mol. The van der Waals surface area contributed by atoms with Crippen LogP contribution in [-0.4, -0.2) is 32.9 Å². The quantitative estimate of drug-likeness (QED) is 0.139. The Balaban J connectivity index is 1.80. The van der Waals surface area contributed by atoms with Crippen molar-refractivity contribution in [3.05, 3.63) is 99.6 Å². The monoisotopic (exact) mass is 614 g/mol. The van der Waals surface area contributed by atoms with Crippen LogP contribution in [0.5, 0.6) is 11.5 Å². The molecule has 12 heteroatoms. The number of carbonyl (C=O) groups is 3. The van der Waals surface area contributed by atoms with Crippen molar-refractivity contribution >= 4 is 62.9 Å². The van der Waals surface area contributed by atoms with E-state index in [9.17, 15) is 22.8 Å². The van der Waals surface area contributed by atoms with Gasteiger partial charge in [-0.25, -0.2) is 9.69 Å². The maximum absolute atomic E-state index is 13.4. The first-order valence-electron chi connectivity index (χ1n) is 12.2. The van der Waals surface area contributed by atoms with Crippen molar-refractivity contribution in [1.29, 1.82) is 0 Å². The highest BCUT2D eigenvalue weighted by atomic mass is 35.5. The van der Waals surface area contributed by atoms with Crippen molar-refractivity contribution in [1.82, 2.24) is 5.32 Å². The summed E-state index contributed by atoms with van der Waals surface area (Å²) in [6.45, 7) is 7.22. The van der Waals surface area contributed by atoms with Crippen LogP contribution < -0.4 is 19.1 Å². The van der Waals surface area contributed by atoms with E-state index in [0.29, 0.717) is 26.7 Å². The molecular formula is C29H24Cl2N2O7S. The molecule has 0 bridgehead atoms. The molecule has 1 aliphatic heterocycles. The van der Waals surface area contributed by atoms with E-state index in [1.165, 1.54) is 54.6 Å². The number of ether oxygens (including phenoxy) is 1. The molecule has 0 spiro atoms. The Morgan fingerprint density at radius 1 is 1.05 bits per heavy atom. The van der Waals surface area contributed by atoms with Gasteiger partial charge in [0, 0.05) is 15.6 Å². The topological polar surface area (TPSA) is 119 Å². The lowest BCUT2D eigenvalue weighted by atomic mass is 10.0. The molecule has 0 saturated carbocycles. The minimum atomic E-state index is -4.28. The van der Waals surface area contributed by atoms with Crippen molar-refractivity contribution in [2.75, 3.05) is 11.5 Å². The summed E-state index contributed by atoms with van der Waals surface area (Å²) in [6, 6.07) is 12.3. The summed E-state index contributed by atoms with van der Waals surface area (Å²) in [6.07, 6.45) is 2.98. The summed E-state index contributed by atoms with van der Waals surface area (Å²) in [4.78, 5) is 39.6. The van der Waals surface area contributed by atoms with Crippen LogP contribution in [0.3, 0.4) is 0 Å². The first-order chi connectivity index (χ1) is 19.5. The summed E-state index contributed by atoms with van der Waals surface area (Å²) in [5.74, 6) is -1.78. The van der Waals surface area contributed by atoms with Crippen molar-refractivity contribution in [3.63, 3.8) is 0 Å². The Morgan fingerprint density at radius 2 is 1.76 bits per heavy atom. The summed E-state index contributed by atoms with van der Waals surface area (Å²) >= 11 is 12.1. The smallest absolute Gasteiger partial charge is 0.339 e. The molecule has 0 aromatic heterocycles. The van der Waals surface area contributed by atoms with Crippen molar-refractivity contribution < 1.29 is 31.7 Å². The van der Waals surface area contributed by atoms with E-state index < -0.39 is 28.0 Å². The zero-order chi connectivity index (χ0) is 29.9. The number of barbiturate groups is 1. The molecule has 41 heavy (non-hydrogen) atoms. The minimum absolute atomic E-state index is 0.0542. The molecule has 1 fully saturated rings. The summed E-state index contributed by atoms with van der Waals surface area (Å²) in [7, 11) is -4.28. The Morgan fingerprint density at radius 3 is 2.41 bits per heavy atom. The van der Waals surface area contributed by atoms with Gasteiger partial charge >= 0.3 is 16.1 Å². The molecule has 1 aliphatic rings. The Labute approximate surface area is 247 Å². The van der Waals surface area contributed by atoms with Gasteiger partial charge in [-0.1, -0.05) is 35.3 Å². The van der Waals surface area contributed by atoms with E-state index in [1.807, 2.05) is 0 Å². The van der Waals surface area contributed by atoms with E-state index >= 15 is 0 Å². The first-order valence-corrected chi connectivity index (χ1v) is 14.4. The summed E-state index contributed by atoms with van der Waals surface area (Å²) < 4.78 is 37.4. The van der Waals surface area contributed by atoms with Gasteiger partial charge in [-0.15, -0.1) is 6.58 Å². The number of halogens is 2. The molecule has 1 heterocycles. The normalized spacial score (nSPS) is 14.7. The van der Waals surface area contributed by atoms with Crippen LogP contribution in [0.2, 0.25) is 10.0 Å². The van der Waals surface area contributed by atoms with Crippen molar-refractivity contribution in [3.8, 4) is 11.5 Å². The lowest BCUT2D eigenvalue weighted by molar-refractivity contribution is -0.122. The van der Waals surface area contributed by atoms with Crippen LogP contribution in [-0.2, 0) is 26.1 Å². The Bertz CT molecular complexity index is 1700. The number of allylic oxidation sites excluding steroid dienone is 1. The van der Waals surface area contributed by atoms with E-state index in [-0.39, 0.29) is 40.7 Å². The van der Waals surface area contributed by atoms with Gasteiger partial charge < -0.3 is 8.92 Å². The molecule has 0 radical (unpaired) electrons. The molecule has 0 aliphatic carbocycles. The second-order valence-electron chi connectivity index (χ2n) is 8.77. The SMILES string of the molecule is C=CCc1cc(/C=C2\C(=O)NC(=O)N(c3cccc(Cl)c3C)C2=O)cc(OCC)c1OS(=O)(=O)c1ccc(Cl)cc1. The number of nitrogens with one attached hydrogen (secondary N) is 1. The van der Waals surface area contributed by atoms with Crippen LogP contribution in [0.25, 0.3) is 6.08 Å². The van der Waals surface area contributed by atoms with Crippen LogP contribution in [0.15, 0.2) is 77.7 Å². The number of urea groups is 1. The van der Waals surface area contributed by atoms with Crippen molar-refractivity contribution in [2.24, 2.45) is 0 Å². The lowest BCUT2D eigenvalue weighted by Gasteiger charge is -2.27. The number of nitrogens with zero attached hydrogens (tertiary/aromatic N) is 1. The van der Waals surface area contributed by atoms with Crippen molar-refractivity contribution in [2.45, 2.75) is 25.2 Å². The number of hydrogen-bond donors (Lipinski definition) is 1. The number of hydrogen-bond acceptors (Lipinski definition) is 7. The van der Waals surface area contributed by atoms with Crippen LogP contribution in [0, 0.1) is 6.92 Å². The predicted octanol–water partition coefficient (Wildman–Crippen LogP) is 5.86. The standard InChI is InChI=1S/C29H24Cl2N2O7S/c1-4-7-19-14-18(16-25(39-5-2)26(19)40-41(37,38)21-12-10-20(30)11-13-21)15-22-27(34)32-29(36)33(28(22)35)24-9-6-8-23(31)17(24)3/h4,6,8-16H,1,5,7H2,2-3H3,(H,32,34,36)/b22-15+. The zero-order valence-electron chi connectivity index (χ0n) is 21.9. The molecular weight excluding hydrogens is 591 g/mol. The molecule has 1 saturated heterocycles. The maximum atomic E-state index is 13.4. The fourth-order valence-electron chi connectivity index (χ4n) is 4.07. The minimum Gasteiger partial charge on any atom is -0.490 e. The van der Waals surface area contributed by atoms with E-state index in [4.69, 9.17) is 32.1 Å². The Hall–Kier alpha value is -4.12. The van der Waals surface area contributed by atoms with E-state index in [0.717, 1.165) is 4.90 Å².